The zero-order chi connectivity index (χ0) is 17.6. The Morgan fingerprint density at radius 1 is 1.24 bits per heavy atom. The summed E-state index contributed by atoms with van der Waals surface area (Å²) in [5.41, 5.74) is 0.416. The number of hydrogen-bond donors (Lipinski definition) is 0. The van der Waals surface area contributed by atoms with Gasteiger partial charge >= 0.3 is 5.97 Å². The Hall–Kier alpha value is -2.26. The van der Waals surface area contributed by atoms with Crippen molar-refractivity contribution in [2.75, 3.05) is 26.2 Å². The van der Waals surface area contributed by atoms with Crippen LogP contribution < -0.4 is 0 Å². The van der Waals surface area contributed by atoms with E-state index >= 15 is 0 Å². The Morgan fingerprint density at radius 3 is 2.84 bits per heavy atom. The van der Waals surface area contributed by atoms with Gasteiger partial charge < -0.3 is 14.1 Å². The summed E-state index contributed by atoms with van der Waals surface area (Å²) >= 11 is 1.18. The first-order chi connectivity index (χ1) is 12.1. The number of aromatic nitrogens is 2. The predicted octanol–water partition coefficient (Wildman–Crippen LogP) is 1.54. The lowest BCUT2D eigenvalue weighted by Crippen LogP contribution is -2.35. The fourth-order valence-corrected chi connectivity index (χ4v) is 3.16. The lowest BCUT2D eigenvalue weighted by molar-refractivity contribution is -0.142. The van der Waals surface area contributed by atoms with Crippen LogP contribution in [0, 0.1) is 0 Å². The number of furan rings is 1. The van der Waals surface area contributed by atoms with E-state index in [4.69, 9.17) is 9.15 Å². The van der Waals surface area contributed by atoms with Crippen LogP contribution >= 0.6 is 11.5 Å². The highest BCUT2D eigenvalue weighted by Crippen LogP contribution is 2.14. The number of hydrogen-bond acceptors (Lipinski definition) is 8. The quantitative estimate of drug-likeness (QED) is 0.744. The maximum Gasteiger partial charge on any atom is 0.303 e. The minimum absolute atomic E-state index is 0.0581. The predicted molar refractivity (Wildman–Crippen MR) is 89.9 cm³/mol. The Morgan fingerprint density at radius 2 is 2.08 bits per heavy atom. The van der Waals surface area contributed by atoms with Gasteiger partial charge in [0.05, 0.1) is 6.54 Å². The molecule has 0 spiro atoms. The summed E-state index contributed by atoms with van der Waals surface area (Å²) in [6.45, 7) is 5.21. The van der Waals surface area contributed by atoms with Crippen LogP contribution in [0.3, 0.4) is 0 Å². The maximum atomic E-state index is 12.4. The van der Waals surface area contributed by atoms with E-state index in [-0.39, 0.29) is 18.5 Å². The Bertz CT molecular complexity index is 716. The Labute approximate surface area is 149 Å². The SMILES string of the molecule is CC(=O)OCc1ccc(CN2CCCN(C(=O)c3csnn3)CC2)o1. The molecule has 0 aliphatic carbocycles. The van der Waals surface area contributed by atoms with Crippen LogP contribution in [0.15, 0.2) is 21.9 Å². The highest BCUT2D eigenvalue weighted by Gasteiger charge is 2.22. The first-order valence-electron chi connectivity index (χ1n) is 8.11. The van der Waals surface area contributed by atoms with Gasteiger partial charge in [-0.05, 0) is 30.1 Å². The number of nitrogens with zero attached hydrogens (tertiary/aromatic N) is 4. The number of rotatable bonds is 5. The van der Waals surface area contributed by atoms with Gasteiger partial charge in [-0.1, -0.05) is 4.49 Å². The fourth-order valence-electron chi connectivity index (χ4n) is 2.73. The van der Waals surface area contributed by atoms with Crippen molar-refractivity contribution in [2.45, 2.75) is 26.5 Å². The zero-order valence-corrected chi connectivity index (χ0v) is 14.8. The van der Waals surface area contributed by atoms with E-state index in [9.17, 15) is 9.59 Å². The van der Waals surface area contributed by atoms with Crippen LogP contribution in [0.25, 0.3) is 0 Å². The van der Waals surface area contributed by atoms with Crippen molar-refractivity contribution in [1.82, 2.24) is 19.4 Å². The third-order valence-corrected chi connectivity index (χ3v) is 4.47. The van der Waals surface area contributed by atoms with Gasteiger partial charge in [-0.15, -0.1) is 5.10 Å². The first-order valence-corrected chi connectivity index (χ1v) is 8.95. The highest BCUT2D eigenvalue weighted by atomic mass is 32.1. The molecule has 0 radical (unpaired) electrons. The molecule has 1 aliphatic rings. The normalized spacial score (nSPS) is 15.8. The molecule has 0 N–H and O–H groups in total. The molecule has 2 aromatic rings. The molecule has 3 heterocycles. The summed E-state index contributed by atoms with van der Waals surface area (Å²) in [6.07, 6.45) is 0.893. The number of ether oxygens (including phenoxy) is 1. The van der Waals surface area contributed by atoms with Crippen molar-refractivity contribution in [3.63, 3.8) is 0 Å². The lowest BCUT2D eigenvalue weighted by Gasteiger charge is -2.20. The monoisotopic (exact) mass is 364 g/mol. The maximum absolute atomic E-state index is 12.4. The largest absolute Gasteiger partial charge is 0.461 e. The molecule has 1 saturated heterocycles. The lowest BCUT2D eigenvalue weighted by atomic mass is 10.3. The second-order valence-electron chi connectivity index (χ2n) is 5.86. The number of amides is 1. The van der Waals surface area contributed by atoms with Crippen LogP contribution in [0.1, 0.15) is 35.4 Å². The summed E-state index contributed by atoms with van der Waals surface area (Å²) in [5.74, 6) is 1.07. The van der Waals surface area contributed by atoms with Gasteiger partial charge in [0.2, 0.25) is 0 Å². The van der Waals surface area contributed by atoms with E-state index in [0.29, 0.717) is 31.1 Å². The average Bonchev–Trinajstić information content (AvgIpc) is 3.22. The van der Waals surface area contributed by atoms with Crippen molar-refractivity contribution in [3.8, 4) is 0 Å². The molecule has 0 bridgehead atoms. The molecule has 8 nitrogen and oxygen atoms in total. The molecule has 1 amide bonds. The molecule has 1 aliphatic heterocycles. The standard InChI is InChI=1S/C16H20N4O4S/c1-12(21)23-10-14-4-3-13(24-14)9-19-5-2-6-20(8-7-19)16(22)15-11-25-18-17-15/h3-4,11H,2,5-10H2,1H3. The van der Waals surface area contributed by atoms with E-state index in [1.165, 1.54) is 18.5 Å². The second-order valence-corrected chi connectivity index (χ2v) is 6.47. The second kappa shape index (κ2) is 8.21. The van der Waals surface area contributed by atoms with E-state index in [1.807, 2.05) is 17.0 Å². The molecule has 2 aromatic heterocycles. The molecule has 3 rings (SSSR count). The molecule has 25 heavy (non-hydrogen) atoms. The summed E-state index contributed by atoms with van der Waals surface area (Å²) in [5, 5.41) is 5.53. The molecule has 1 fully saturated rings. The van der Waals surface area contributed by atoms with Crippen LogP contribution in [0.4, 0.5) is 0 Å². The van der Waals surface area contributed by atoms with E-state index in [1.54, 1.807) is 5.38 Å². The zero-order valence-electron chi connectivity index (χ0n) is 14.0. The van der Waals surface area contributed by atoms with Gasteiger partial charge in [-0.2, -0.15) is 0 Å². The number of esters is 1. The minimum atomic E-state index is -0.328. The third kappa shape index (κ3) is 4.86. The van der Waals surface area contributed by atoms with Crippen LogP contribution in [0.5, 0.6) is 0 Å². The third-order valence-electron chi connectivity index (χ3n) is 3.97. The van der Waals surface area contributed by atoms with Crippen molar-refractivity contribution in [2.24, 2.45) is 0 Å². The highest BCUT2D eigenvalue weighted by molar-refractivity contribution is 7.03. The van der Waals surface area contributed by atoms with Gasteiger partial charge in [0.25, 0.3) is 5.91 Å². The Kier molecular flexibility index (Phi) is 5.77. The smallest absolute Gasteiger partial charge is 0.303 e. The molecule has 0 atom stereocenters. The molecule has 0 aromatic carbocycles. The van der Waals surface area contributed by atoms with Gasteiger partial charge in [-0.3, -0.25) is 14.5 Å². The summed E-state index contributed by atoms with van der Waals surface area (Å²) < 4.78 is 14.4. The molecule has 134 valence electrons. The number of carbonyl (C=O) groups is 2. The van der Waals surface area contributed by atoms with Crippen LogP contribution in [-0.4, -0.2) is 57.4 Å². The summed E-state index contributed by atoms with van der Waals surface area (Å²) in [7, 11) is 0. The van der Waals surface area contributed by atoms with Crippen molar-refractivity contribution >= 4 is 23.4 Å². The van der Waals surface area contributed by atoms with E-state index < -0.39 is 0 Å². The van der Waals surface area contributed by atoms with Gasteiger partial charge in [-0.25, -0.2) is 0 Å². The summed E-state index contributed by atoms with van der Waals surface area (Å²) in [6, 6.07) is 3.72. The van der Waals surface area contributed by atoms with E-state index in [2.05, 4.69) is 14.5 Å². The van der Waals surface area contributed by atoms with Gasteiger partial charge in [0, 0.05) is 38.5 Å². The first kappa shape index (κ1) is 17.6. The van der Waals surface area contributed by atoms with Crippen molar-refractivity contribution in [1.29, 1.82) is 0 Å². The molecule has 0 unspecified atom stereocenters. The van der Waals surface area contributed by atoms with Crippen molar-refractivity contribution in [3.05, 3.63) is 34.7 Å². The molecular formula is C16H20N4O4S. The number of carbonyl (C=O) groups excluding carboxylic acids is 2. The fraction of sp³-hybridized carbons (Fsp3) is 0.500. The molecule has 0 saturated carbocycles. The van der Waals surface area contributed by atoms with Crippen molar-refractivity contribution < 1.29 is 18.7 Å². The average molecular weight is 364 g/mol. The summed E-state index contributed by atoms with van der Waals surface area (Å²) in [4.78, 5) is 27.3. The van der Waals surface area contributed by atoms with Gasteiger partial charge in [0.15, 0.2) is 5.69 Å². The molecular weight excluding hydrogens is 344 g/mol. The minimum Gasteiger partial charge on any atom is -0.461 e. The Balaban J connectivity index is 1.51. The van der Waals surface area contributed by atoms with Crippen LogP contribution in [-0.2, 0) is 22.7 Å². The van der Waals surface area contributed by atoms with Crippen LogP contribution in [0.2, 0.25) is 0 Å². The van der Waals surface area contributed by atoms with E-state index in [0.717, 1.165) is 25.3 Å². The van der Waals surface area contributed by atoms with Gasteiger partial charge in [0.1, 0.15) is 18.1 Å². The topological polar surface area (TPSA) is 88.8 Å². The molecule has 9 heteroatoms.